The summed E-state index contributed by atoms with van der Waals surface area (Å²) >= 11 is 3.39. The van der Waals surface area contributed by atoms with Crippen molar-refractivity contribution in [3.8, 4) is 0 Å². The standard InChI is InChI=1S/C12H24BrNO2S/c13-10-6-1-2-7-11-14-17(15,16)12-8-4-3-5-9-12/h12,14H,1-11H2. The van der Waals surface area contributed by atoms with E-state index in [2.05, 4.69) is 20.7 Å². The van der Waals surface area contributed by atoms with Crippen molar-refractivity contribution in [2.75, 3.05) is 11.9 Å². The Morgan fingerprint density at radius 3 is 2.29 bits per heavy atom. The molecule has 1 fully saturated rings. The molecule has 0 radical (unpaired) electrons. The Labute approximate surface area is 114 Å². The third-order valence-corrected chi connectivity index (χ3v) is 5.87. The van der Waals surface area contributed by atoms with Crippen LogP contribution in [0, 0.1) is 0 Å². The molecule has 1 aliphatic carbocycles. The molecule has 0 spiro atoms. The topological polar surface area (TPSA) is 46.2 Å². The van der Waals surface area contributed by atoms with Crippen LogP contribution in [0.1, 0.15) is 57.8 Å². The Morgan fingerprint density at radius 2 is 1.65 bits per heavy atom. The highest BCUT2D eigenvalue weighted by Crippen LogP contribution is 2.22. The van der Waals surface area contributed by atoms with E-state index >= 15 is 0 Å². The van der Waals surface area contributed by atoms with Crippen LogP contribution in [0.15, 0.2) is 0 Å². The maximum Gasteiger partial charge on any atom is 0.214 e. The van der Waals surface area contributed by atoms with Crippen LogP contribution in [-0.2, 0) is 10.0 Å². The molecule has 5 heteroatoms. The van der Waals surface area contributed by atoms with Crippen LogP contribution in [0.3, 0.4) is 0 Å². The molecule has 0 bridgehead atoms. The average Bonchev–Trinajstić information content (AvgIpc) is 2.35. The van der Waals surface area contributed by atoms with Gasteiger partial charge in [-0.3, -0.25) is 0 Å². The fourth-order valence-electron chi connectivity index (χ4n) is 2.28. The molecule has 17 heavy (non-hydrogen) atoms. The van der Waals surface area contributed by atoms with Gasteiger partial charge in [-0.1, -0.05) is 48.0 Å². The second-order valence-corrected chi connectivity index (χ2v) is 7.64. The molecular formula is C12H24BrNO2S. The molecule has 0 heterocycles. The summed E-state index contributed by atoms with van der Waals surface area (Å²) in [4.78, 5) is 0. The van der Waals surface area contributed by atoms with Gasteiger partial charge in [-0.2, -0.15) is 0 Å². The number of sulfonamides is 1. The SMILES string of the molecule is O=S(=O)(NCCCCCCBr)C1CCCCC1. The minimum Gasteiger partial charge on any atom is -0.215 e. The first-order valence-electron chi connectivity index (χ1n) is 6.71. The Balaban J connectivity index is 2.15. The largest absolute Gasteiger partial charge is 0.215 e. The zero-order valence-electron chi connectivity index (χ0n) is 10.5. The van der Waals surface area contributed by atoms with E-state index in [9.17, 15) is 8.42 Å². The molecule has 0 saturated heterocycles. The summed E-state index contributed by atoms with van der Waals surface area (Å²) in [5.74, 6) is 0. The predicted molar refractivity (Wildman–Crippen MR) is 76.1 cm³/mol. The fraction of sp³-hybridized carbons (Fsp3) is 1.00. The molecule has 0 aromatic carbocycles. The number of rotatable bonds is 8. The van der Waals surface area contributed by atoms with Gasteiger partial charge in [0, 0.05) is 11.9 Å². The molecule has 102 valence electrons. The Bertz CT molecular complexity index is 287. The summed E-state index contributed by atoms with van der Waals surface area (Å²) in [6.07, 6.45) is 9.44. The van der Waals surface area contributed by atoms with Crippen LogP contribution in [0.2, 0.25) is 0 Å². The maximum atomic E-state index is 12.0. The van der Waals surface area contributed by atoms with Crippen molar-refractivity contribution in [2.45, 2.75) is 63.0 Å². The number of unbranched alkanes of at least 4 members (excludes halogenated alkanes) is 3. The minimum absolute atomic E-state index is 0.126. The number of halogens is 1. The lowest BCUT2D eigenvalue weighted by atomic mass is 10.0. The number of hydrogen-bond donors (Lipinski definition) is 1. The minimum atomic E-state index is -3.04. The van der Waals surface area contributed by atoms with Gasteiger partial charge < -0.3 is 0 Å². The second-order valence-electron chi connectivity index (χ2n) is 4.80. The lowest BCUT2D eigenvalue weighted by molar-refractivity contribution is 0.476. The van der Waals surface area contributed by atoms with E-state index in [4.69, 9.17) is 0 Å². The number of alkyl halides is 1. The number of nitrogens with one attached hydrogen (secondary N) is 1. The van der Waals surface area contributed by atoms with Gasteiger partial charge >= 0.3 is 0 Å². The van der Waals surface area contributed by atoms with Gasteiger partial charge in [-0.25, -0.2) is 13.1 Å². The molecule has 0 aromatic rings. The van der Waals surface area contributed by atoms with Crippen LogP contribution in [0.5, 0.6) is 0 Å². The van der Waals surface area contributed by atoms with E-state index in [1.807, 2.05) is 0 Å². The first-order chi connectivity index (χ1) is 8.17. The van der Waals surface area contributed by atoms with Gasteiger partial charge in [0.05, 0.1) is 5.25 Å². The first kappa shape index (κ1) is 15.4. The molecule has 0 aliphatic heterocycles. The molecule has 0 atom stereocenters. The summed E-state index contributed by atoms with van der Waals surface area (Å²) < 4.78 is 26.7. The lowest BCUT2D eigenvalue weighted by Crippen LogP contribution is -2.36. The highest BCUT2D eigenvalue weighted by atomic mass is 79.9. The monoisotopic (exact) mass is 325 g/mol. The summed E-state index contributed by atoms with van der Waals surface area (Å²) in [6.45, 7) is 0.612. The lowest BCUT2D eigenvalue weighted by Gasteiger charge is -2.21. The maximum absolute atomic E-state index is 12.0. The average molecular weight is 326 g/mol. The quantitative estimate of drug-likeness (QED) is 0.550. The molecule has 1 N–H and O–H groups in total. The summed E-state index contributed by atoms with van der Waals surface area (Å²) in [5.41, 5.74) is 0. The van der Waals surface area contributed by atoms with Gasteiger partial charge in [0.25, 0.3) is 0 Å². The van der Waals surface area contributed by atoms with Crippen molar-refractivity contribution >= 4 is 26.0 Å². The van der Waals surface area contributed by atoms with Gasteiger partial charge in [0.15, 0.2) is 0 Å². The van der Waals surface area contributed by atoms with Gasteiger partial charge in [-0.05, 0) is 25.7 Å². The zero-order valence-corrected chi connectivity index (χ0v) is 12.9. The fourth-order valence-corrected chi connectivity index (χ4v) is 4.30. The third-order valence-electron chi connectivity index (χ3n) is 3.35. The van der Waals surface area contributed by atoms with Crippen molar-refractivity contribution in [3.05, 3.63) is 0 Å². The van der Waals surface area contributed by atoms with Crippen molar-refractivity contribution in [3.63, 3.8) is 0 Å². The van der Waals surface area contributed by atoms with E-state index in [-0.39, 0.29) is 5.25 Å². The first-order valence-corrected chi connectivity index (χ1v) is 9.38. The normalized spacial score (nSPS) is 18.4. The molecule has 1 saturated carbocycles. The molecule has 1 rings (SSSR count). The van der Waals surface area contributed by atoms with Crippen LogP contribution >= 0.6 is 15.9 Å². The highest BCUT2D eigenvalue weighted by molar-refractivity contribution is 9.09. The van der Waals surface area contributed by atoms with Crippen molar-refractivity contribution in [1.29, 1.82) is 0 Å². The van der Waals surface area contributed by atoms with Crippen LogP contribution in [0.4, 0.5) is 0 Å². The van der Waals surface area contributed by atoms with Gasteiger partial charge in [0.2, 0.25) is 10.0 Å². The molecule has 0 amide bonds. The highest BCUT2D eigenvalue weighted by Gasteiger charge is 2.26. The van der Waals surface area contributed by atoms with Crippen LogP contribution in [-0.4, -0.2) is 25.5 Å². The van der Waals surface area contributed by atoms with E-state index in [0.717, 1.165) is 43.9 Å². The predicted octanol–water partition coefficient (Wildman–Crippen LogP) is 3.19. The molecule has 0 aromatic heterocycles. The Kier molecular flexibility index (Phi) is 7.71. The van der Waals surface area contributed by atoms with E-state index in [1.165, 1.54) is 19.3 Å². The van der Waals surface area contributed by atoms with Crippen molar-refractivity contribution < 1.29 is 8.42 Å². The Hall–Kier alpha value is 0.390. The molecule has 0 unspecified atom stereocenters. The van der Waals surface area contributed by atoms with Crippen LogP contribution in [0.25, 0.3) is 0 Å². The van der Waals surface area contributed by atoms with E-state index in [1.54, 1.807) is 0 Å². The van der Waals surface area contributed by atoms with Gasteiger partial charge in [-0.15, -0.1) is 0 Å². The van der Waals surface area contributed by atoms with Crippen molar-refractivity contribution in [1.82, 2.24) is 4.72 Å². The van der Waals surface area contributed by atoms with Crippen LogP contribution < -0.4 is 4.72 Å². The summed E-state index contributed by atoms with van der Waals surface area (Å²) in [7, 11) is -3.04. The number of hydrogen-bond acceptors (Lipinski definition) is 2. The summed E-state index contributed by atoms with van der Waals surface area (Å²) in [5, 5.41) is 0.916. The molecular weight excluding hydrogens is 302 g/mol. The van der Waals surface area contributed by atoms with E-state index in [0.29, 0.717) is 6.54 Å². The van der Waals surface area contributed by atoms with Gasteiger partial charge in [0.1, 0.15) is 0 Å². The molecule has 1 aliphatic rings. The van der Waals surface area contributed by atoms with Crippen molar-refractivity contribution in [2.24, 2.45) is 0 Å². The van der Waals surface area contributed by atoms with E-state index < -0.39 is 10.0 Å². The molecule has 3 nitrogen and oxygen atoms in total. The smallest absolute Gasteiger partial charge is 0.214 e. The third kappa shape index (κ3) is 6.20. The zero-order chi connectivity index (χ0) is 12.6. The Morgan fingerprint density at radius 1 is 1.00 bits per heavy atom. The summed E-state index contributed by atoms with van der Waals surface area (Å²) in [6, 6.07) is 0. The second kappa shape index (κ2) is 8.48.